The van der Waals surface area contributed by atoms with Crippen molar-refractivity contribution in [1.82, 2.24) is 9.97 Å². The summed E-state index contributed by atoms with van der Waals surface area (Å²) in [4.78, 5) is 18.7. The normalized spacial score (nSPS) is 10.3. The summed E-state index contributed by atoms with van der Waals surface area (Å²) in [6.45, 7) is 5.82. The summed E-state index contributed by atoms with van der Waals surface area (Å²) in [5.74, 6) is -0.379. The molecule has 0 fully saturated rings. The average molecular weight is 216 g/mol. The van der Waals surface area contributed by atoms with Gasteiger partial charge in [0, 0.05) is 17.1 Å². The van der Waals surface area contributed by atoms with Gasteiger partial charge in [0.05, 0.1) is 6.61 Å². The fourth-order valence-electron chi connectivity index (χ4n) is 1.62. The van der Waals surface area contributed by atoms with Gasteiger partial charge in [-0.1, -0.05) is 12.7 Å². The van der Waals surface area contributed by atoms with Crippen molar-refractivity contribution in [3.8, 4) is 0 Å². The number of aromatic amines is 1. The summed E-state index contributed by atoms with van der Waals surface area (Å²) in [5.41, 5.74) is 1.81. The van der Waals surface area contributed by atoms with Crippen molar-refractivity contribution in [3.05, 3.63) is 36.2 Å². The van der Waals surface area contributed by atoms with E-state index in [1.54, 1.807) is 19.2 Å². The lowest BCUT2D eigenvalue weighted by Crippen LogP contribution is -2.06. The van der Waals surface area contributed by atoms with Crippen LogP contribution in [0, 0.1) is 0 Å². The number of carbonyl (C=O) groups excluding carboxylic acids is 1. The Labute approximate surface area is 93.0 Å². The zero-order valence-electron chi connectivity index (χ0n) is 8.99. The van der Waals surface area contributed by atoms with E-state index >= 15 is 0 Å². The summed E-state index contributed by atoms with van der Waals surface area (Å²) >= 11 is 0. The maximum Gasteiger partial charge on any atom is 0.355 e. The third-order valence-electron chi connectivity index (χ3n) is 2.29. The number of pyridine rings is 1. The zero-order chi connectivity index (χ0) is 11.5. The molecular weight excluding hydrogens is 204 g/mol. The highest BCUT2D eigenvalue weighted by molar-refractivity contribution is 6.01. The first-order valence-corrected chi connectivity index (χ1v) is 5.04. The van der Waals surface area contributed by atoms with E-state index in [0.717, 1.165) is 10.9 Å². The molecular formula is C12H12N2O2. The molecule has 0 radical (unpaired) electrons. The third kappa shape index (κ3) is 1.58. The van der Waals surface area contributed by atoms with Gasteiger partial charge in [-0.05, 0) is 19.1 Å². The molecule has 16 heavy (non-hydrogen) atoms. The lowest BCUT2D eigenvalue weighted by Gasteiger charge is -1.99. The van der Waals surface area contributed by atoms with Crippen LogP contribution in [0.15, 0.2) is 24.9 Å². The summed E-state index contributed by atoms with van der Waals surface area (Å²) < 4.78 is 4.95. The van der Waals surface area contributed by atoms with Gasteiger partial charge in [0.2, 0.25) is 0 Å². The molecule has 0 saturated carbocycles. The van der Waals surface area contributed by atoms with Crippen LogP contribution >= 0.6 is 0 Å². The number of carbonyl (C=O) groups is 1. The Morgan fingerprint density at radius 1 is 1.69 bits per heavy atom. The molecule has 2 aromatic rings. The topological polar surface area (TPSA) is 55.0 Å². The van der Waals surface area contributed by atoms with E-state index in [1.165, 1.54) is 0 Å². The summed E-state index contributed by atoms with van der Waals surface area (Å²) in [7, 11) is 0. The van der Waals surface area contributed by atoms with Crippen LogP contribution < -0.4 is 0 Å². The van der Waals surface area contributed by atoms with Gasteiger partial charge >= 0.3 is 5.97 Å². The number of nitrogens with zero attached hydrogens (tertiary/aromatic N) is 1. The van der Waals surface area contributed by atoms with Gasteiger partial charge in [-0.3, -0.25) is 0 Å². The molecule has 4 nitrogen and oxygen atoms in total. The number of fused-ring (bicyclic) bond motifs is 1. The number of hydrogen-bond donors (Lipinski definition) is 1. The quantitative estimate of drug-likeness (QED) is 0.801. The summed E-state index contributed by atoms with van der Waals surface area (Å²) in [5, 5.41) is 0.876. The van der Waals surface area contributed by atoms with E-state index in [2.05, 4.69) is 16.5 Å². The molecule has 0 aliphatic rings. The van der Waals surface area contributed by atoms with E-state index in [4.69, 9.17) is 4.74 Å². The van der Waals surface area contributed by atoms with Gasteiger partial charge in [-0.2, -0.15) is 0 Å². The first kappa shape index (κ1) is 10.4. The van der Waals surface area contributed by atoms with Gasteiger partial charge < -0.3 is 9.72 Å². The molecule has 2 rings (SSSR count). The van der Waals surface area contributed by atoms with Crippen molar-refractivity contribution in [1.29, 1.82) is 0 Å². The highest BCUT2D eigenvalue weighted by Gasteiger charge is 2.16. The first-order valence-electron chi connectivity index (χ1n) is 5.04. The van der Waals surface area contributed by atoms with Gasteiger partial charge in [0.15, 0.2) is 0 Å². The molecule has 82 valence electrons. The molecule has 2 aromatic heterocycles. The number of nitrogens with one attached hydrogen (secondary N) is 1. The highest BCUT2D eigenvalue weighted by atomic mass is 16.5. The third-order valence-corrected chi connectivity index (χ3v) is 2.29. The molecule has 4 heteroatoms. The molecule has 0 amide bonds. The molecule has 0 unspecified atom stereocenters. The SMILES string of the molecule is C=Cc1c(C(=O)OCC)[nH]c2ncccc12. The molecule has 0 bridgehead atoms. The lowest BCUT2D eigenvalue weighted by molar-refractivity contribution is 0.0520. The van der Waals surface area contributed by atoms with E-state index in [9.17, 15) is 4.79 Å². The van der Waals surface area contributed by atoms with Gasteiger partial charge in [-0.25, -0.2) is 9.78 Å². The van der Waals surface area contributed by atoms with Crippen LogP contribution in [0.2, 0.25) is 0 Å². The number of hydrogen-bond acceptors (Lipinski definition) is 3. The van der Waals surface area contributed by atoms with Crippen molar-refractivity contribution in [3.63, 3.8) is 0 Å². The second-order valence-corrected chi connectivity index (χ2v) is 3.24. The predicted octanol–water partition coefficient (Wildman–Crippen LogP) is 2.38. The van der Waals surface area contributed by atoms with Crippen molar-refractivity contribution >= 4 is 23.1 Å². The molecule has 0 aliphatic carbocycles. The smallest absolute Gasteiger partial charge is 0.355 e. The predicted molar refractivity (Wildman–Crippen MR) is 62.1 cm³/mol. The Kier molecular flexibility index (Phi) is 2.72. The Morgan fingerprint density at radius 3 is 3.19 bits per heavy atom. The van der Waals surface area contributed by atoms with Gasteiger partial charge in [0.1, 0.15) is 11.3 Å². The fraction of sp³-hybridized carbons (Fsp3) is 0.167. The van der Waals surface area contributed by atoms with Crippen LogP contribution in [0.4, 0.5) is 0 Å². The number of esters is 1. The maximum absolute atomic E-state index is 11.7. The van der Waals surface area contributed by atoms with Crippen molar-refractivity contribution in [2.45, 2.75) is 6.92 Å². The standard InChI is InChI=1S/C12H12N2O2/c1-3-8-9-6-5-7-13-11(9)14-10(8)12(15)16-4-2/h3,5-7H,1,4H2,2H3,(H,13,14). The van der Waals surface area contributed by atoms with Crippen LogP contribution in [-0.4, -0.2) is 22.5 Å². The van der Waals surface area contributed by atoms with Crippen LogP contribution in [0.5, 0.6) is 0 Å². The molecule has 0 saturated heterocycles. The van der Waals surface area contributed by atoms with Crippen LogP contribution in [0.1, 0.15) is 23.0 Å². The van der Waals surface area contributed by atoms with E-state index < -0.39 is 0 Å². The van der Waals surface area contributed by atoms with E-state index in [-0.39, 0.29) is 5.97 Å². The molecule has 0 spiro atoms. The minimum Gasteiger partial charge on any atom is -0.461 e. The average Bonchev–Trinajstić information content (AvgIpc) is 2.67. The molecule has 1 N–H and O–H groups in total. The largest absolute Gasteiger partial charge is 0.461 e. The first-order chi connectivity index (χ1) is 7.77. The number of ether oxygens (including phenoxy) is 1. The highest BCUT2D eigenvalue weighted by Crippen LogP contribution is 2.22. The molecule has 0 atom stereocenters. The van der Waals surface area contributed by atoms with E-state index in [1.807, 2.05) is 12.1 Å². The molecule has 2 heterocycles. The second-order valence-electron chi connectivity index (χ2n) is 3.24. The maximum atomic E-state index is 11.7. The minimum absolute atomic E-state index is 0.345. The van der Waals surface area contributed by atoms with Crippen molar-refractivity contribution in [2.24, 2.45) is 0 Å². The lowest BCUT2D eigenvalue weighted by atomic mass is 10.1. The Bertz CT molecular complexity index is 543. The zero-order valence-corrected chi connectivity index (χ0v) is 8.99. The van der Waals surface area contributed by atoms with Gasteiger partial charge in [-0.15, -0.1) is 0 Å². The number of aromatic nitrogens is 2. The van der Waals surface area contributed by atoms with Crippen LogP contribution in [0.25, 0.3) is 17.1 Å². The second kappa shape index (κ2) is 4.18. The fourth-order valence-corrected chi connectivity index (χ4v) is 1.62. The van der Waals surface area contributed by atoms with Crippen LogP contribution in [0.3, 0.4) is 0 Å². The molecule has 0 aliphatic heterocycles. The van der Waals surface area contributed by atoms with Gasteiger partial charge in [0.25, 0.3) is 0 Å². The number of rotatable bonds is 3. The number of H-pyrrole nitrogens is 1. The minimum atomic E-state index is -0.379. The van der Waals surface area contributed by atoms with E-state index in [0.29, 0.717) is 17.9 Å². The Balaban J connectivity index is 2.60. The van der Waals surface area contributed by atoms with Crippen molar-refractivity contribution in [2.75, 3.05) is 6.61 Å². The van der Waals surface area contributed by atoms with Crippen LogP contribution in [-0.2, 0) is 4.74 Å². The monoisotopic (exact) mass is 216 g/mol. The summed E-state index contributed by atoms with van der Waals surface area (Å²) in [6.07, 6.45) is 3.30. The Morgan fingerprint density at radius 2 is 2.50 bits per heavy atom. The summed E-state index contributed by atoms with van der Waals surface area (Å²) in [6, 6.07) is 3.71. The van der Waals surface area contributed by atoms with Crippen molar-refractivity contribution < 1.29 is 9.53 Å². The Hall–Kier alpha value is -2.10. The molecule has 0 aromatic carbocycles.